The first-order valence-electron chi connectivity index (χ1n) is 6.12. The van der Waals surface area contributed by atoms with E-state index in [1.165, 1.54) is 16.9 Å². The van der Waals surface area contributed by atoms with Crippen molar-refractivity contribution in [3.05, 3.63) is 52.0 Å². The standard InChI is InChI=1S/C14H15NO2S/c16-14(12-8-18-9-15-12)11-5-3-10(4-6-11)13-2-1-7-17-13/h3-6,8-9,13-14,16H,1-2,7H2. The third-order valence-electron chi connectivity index (χ3n) is 3.29. The number of rotatable bonds is 3. The van der Waals surface area contributed by atoms with Crippen LogP contribution >= 0.6 is 11.3 Å². The Morgan fingerprint density at radius 2 is 2.17 bits per heavy atom. The predicted octanol–water partition coefficient (Wildman–Crippen LogP) is 3.08. The van der Waals surface area contributed by atoms with Crippen LogP contribution in [0.2, 0.25) is 0 Å². The average molecular weight is 261 g/mol. The van der Waals surface area contributed by atoms with E-state index in [1.54, 1.807) is 5.51 Å². The van der Waals surface area contributed by atoms with Crippen LogP contribution in [0.4, 0.5) is 0 Å². The number of hydrogen-bond acceptors (Lipinski definition) is 4. The molecule has 1 aromatic carbocycles. The van der Waals surface area contributed by atoms with Crippen LogP contribution < -0.4 is 0 Å². The predicted molar refractivity (Wildman–Crippen MR) is 70.5 cm³/mol. The van der Waals surface area contributed by atoms with Gasteiger partial charge in [-0.05, 0) is 24.0 Å². The molecule has 3 rings (SSSR count). The van der Waals surface area contributed by atoms with E-state index in [4.69, 9.17) is 4.74 Å². The van der Waals surface area contributed by atoms with Gasteiger partial charge in [-0.2, -0.15) is 0 Å². The van der Waals surface area contributed by atoms with Crippen LogP contribution in [0, 0.1) is 0 Å². The second-order valence-electron chi connectivity index (χ2n) is 4.48. The molecule has 2 aromatic rings. The first kappa shape index (κ1) is 11.8. The zero-order valence-corrected chi connectivity index (χ0v) is 10.8. The second-order valence-corrected chi connectivity index (χ2v) is 5.20. The molecule has 18 heavy (non-hydrogen) atoms. The Labute approximate surface area is 110 Å². The van der Waals surface area contributed by atoms with Crippen LogP contribution in [0.25, 0.3) is 0 Å². The molecular formula is C14H15NO2S. The second kappa shape index (κ2) is 5.18. The molecule has 1 aromatic heterocycles. The van der Waals surface area contributed by atoms with Crippen molar-refractivity contribution in [2.24, 2.45) is 0 Å². The molecular weight excluding hydrogens is 246 g/mol. The zero-order valence-electron chi connectivity index (χ0n) is 9.95. The minimum Gasteiger partial charge on any atom is -0.382 e. The molecule has 1 aliphatic rings. The lowest BCUT2D eigenvalue weighted by atomic mass is 10.0. The summed E-state index contributed by atoms with van der Waals surface area (Å²) in [6.45, 7) is 0.855. The van der Waals surface area contributed by atoms with Gasteiger partial charge in [-0.1, -0.05) is 24.3 Å². The number of benzene rings is 1. The summed E-state index contributed by atoms with van der Waals surface area (Å²) in [5.74, 6) is 0. The van der Waals surface area contributed by atoms with Gasteiger partial charge in [-0.3, -0.25) is 0 Å². The first-order valence-corrected chi connectivity index (χ1v) is 7.06. The summed E-state index contributed by atoms with van der Waals surface area (Å²) in [6, 6.07) is 8.00. The highest BCUT2D eigenvalue weighted by Gasteiger charge is 2.18. The van der Waals surface area contributed by atoms with Gasteiger partial charge in [0.1, 0.15) is 6.10 Å². The van der Waals surface area contributed by atoms with Crippen molar-refractivity contribution < 1.29 is 9.84 Å². The summed E-state index contributed by atoms with van der Waals surface area (Å²) in [5.41, 5.74) is 4.52. The van der Waals surface area contributed by atoms with E-state index in [2.05, 4.69) is 4.98 Å². The monoisotopic (exact) mass is 261 g/mol. The fraction of sp³-hybridized carbons (Fsp3) is 0.357. The van der Waals surface area contributed by atoms with Gasteiger partial charge >= 0.3 is 0 Å². The van der Waals surface area contributed by atoms with Crippen molar-refractivity contribution in [1.29, 1.82) is 0 Å². The Kier molecular flexibility index (Phi) is 3.41. The normalized spacial score (nSPS) is 21.1. The van der Waals surface area contributed by atoms with Crippen LogP contribution in [0.5, 0.6) is 0 Å². The largest absolute Gasteiger partial charge is 0.382 e. The van der Waals surface area contributed by atoms with Gasteiger partial charge in [-0.25, -0.2) is 4.98 Å². The third-order valence-corrected chi connectivity index (χ3v) is 3.89. The van der Waals surface area contributed by atoms with Crippen molar-refractivity contribution in [3.63, 3.8) is 0 Å². The van der Waals surface area contributed by atoms with E-state index in [1.807, 2.05) is 29.6 Å². The van der Waals surface area contributed by atoms with Gasteiger partial charge in [-0.15, -0.1) is 11.3 Å². The van der Waals surface area contributed by atoms with Crippen molar-refractivity contribution in [3.8, 4) is 0 Å². The van der Waals surface area contributed by atoms with Crippen molar-refractivity contribution in [2.75, 3.05) is 6.61 Å². The lowest BCUT2D eigenvalue weighted by Gasteiger charge is -2.12. The Bertz CT molecular complexity index is 489. The Hall–Kier alpha value is -1.23. The third kappa shape index (κ3) is 2.32. The number of thiazole rings is 1. The number of aliphatic hydroxyl groups is 1. The molecule has 94 valence electrons. The first-order chi connectivity index (χ1) is 8.84. The minimum atomic E-state index is -0.630. The number of hydrogen-bond donors (Lipinski definition) is 1. The highest BCUT2D eigenvalue weighted by molar-refractivity contribution is 7.07. The lowest BCUT2D eigenvalue weighted by molar-refractivity contribution is 0.112. The Balaban J connectivity index is 1.78. The van der Waals surface area contributed by atoms with Gasteiger partial charge in [0.25, 0.3) is 0 Å². The summed E-state index contributed by atoms with van der Waals surface area (Å²) in [5, 5.41) is 12.0. The summed E-state index contributed by atoms with van der Waals surface area (Å²) >= 11 is 1.50. The van der Waals surface area contributed by atoms with E-state index in [9.17, 15) is 5.11 Å². The van der Waals surface area contributed by atoms with Crippen LogP contribution in [0.3, 0.4) is 0 Å². The maximum atomic E-state index is 10.1. The summed E-state index contributed by atoms with van der Waals surface area (Å²) in [7, 11) is 0. The number of aliphatic hydroxyl groups excluding tert-OH is 1. The van der Waals surface area contributed by atoms with Crippen LogP contribution in [0.1, 0.15) is 41.9 Å². The molecule has 2 heterocycles. The highest BCUT2D eigenvalue weighted by Crippen LogP contribution is 2.30. The van der Waals surface area contributed by atoms with Crippen LogP contribution in [-0.4, -0.2) is 16.7 Å². The average Bonchev–Trinajstić information content (AvgIpc) is 3.11. The molecule has 1 fully saturated rings. The maximum absolute atomic E-state index is 10.1. The van der Waals surface area contributed by atoms with Gasteiger partial charge in [0.05, 0.1) is 17.3 Å². The van der Waals surface area contributed by atoms with E-state index in [0.717, 1.165) is 25.0 Å². The summed E-state index contributed by atoms with van der Waals surface area (Å²) < 4.78 is 5.64. The molecule has 2 unspecified atom stereocenters. The minimum absolute atomic E-state index is 0.232. The van der Waals surface area contributed by atoms with Crippen molar-refractivity contribution in [1.82, 2.24) is 4.98 Å². The van der Waals surface area contributed by atoms with Gasteiger partial charge < -0.3 is 9.84 Å². The zero-order chi connectivity index (χ0) is 12.4. The van der Waals surface area contributed by atoms with Gasteiger partial charge in [0, 0.05) is 12.0 Å². The van der Waals surface area contributed by atoms with Crippen LogP contribution in [-0.2, 0) is 4.74 Å². The fourth-order valence-corrected chi connectivity index (χ4v) is 2.83. The summed E-state index contributed by atoms with van der Waals surface area (Å²) in [4.78, 5) is 4.14. The fourth-order valence-electron chi connectivity index (χ4n) is 2.26. The topological polar surface area (TPSA) is 42.4 Å². The molecule has 0 bridgehead atoms. The van der Waals surface area contributed by atoms with E-state index >= 15 is 0 Å². The SMILES string of the molecule is OC(c1ccc(C2CCCO2)cc1)c1cscn1. The quantitative estimate of drug-likeness (QED) is 0.923. The lowest BCUT2D eigenvalue weighted by Crippen LogP contribution is -2.01. The molecule has 0 aliphatic carbocycles. The van der Waals surface area contributed by atoms with Crippen molar-refractivity contribution in [2.45, 2.75) is 25.0 Å². The molecule has 2 atom stereocenters. The van der Waals surface area contributed by atoms with E-state index in [-0.39, 0.29) is 6.10 Å². The van der Waals surface area contributed by atoms with E-state index < -0.39 is 6.10 Å². The van der Waals surface area contributed by atoms with Gasteiger partial charge in [0.15, 0.2) is 0 Å². The molecule has 4 heteroatoms. The molecule has 0 radical (unpaired) electrons. The molecule has 0 amide bonds. The molecule has 0 spiro atoms. The maximum Gasteiger partial charge on any atom is 0.122 e. The smallest absolute Gasteiger partial charge is 0.122 e. The Morgan fingerprint density at radius 1 is 1.33 bits per heavy atom. The molecule has 0 saturated carbocycles. The molecule has 1 aliphatic heterocycles. The van der Waals surface area contributed by atoms with Gasteiger partial charge in [0.2, 0.25) is 0 Å². The summed E-state index contributed by atoms with van der Waals surface area (Å²) in [6.07, 6.45) is 1.83. The number of aromatic nitrogens is 1. The highest BCUT2D eigenvalue weighted by atomic mass is 32.1. The van der Waals surface area contributed by atoms with Crippen molar-refractivity contribution >= 4 is 11.3 Å². The molecule has 1 saturated heterocycles. The molecule has 1 N–H and O–H groups in total. The number of ether oxygens (including phenoxy) is 1. The molecule has 3 nitrogen and oxygen atoms in total. The van der Waals surface area contributed by atoms with E-state index in [0.29, 0.717) is 5.69 Å². The van der Waals surface area contributed by atoms with Crippen LogP contribution in [0.15, 0.2) is 35.2 Å². The number of nitrogens with zero attached hydrogens (tertiary/aromatic N) is 1. The Morgan fingerprint density at radius 3 is 2.78 bits per heavy atom.